The molecule has 0 aliphatic heterocycles. The molecule has 0 spiro atoms. The molecule has 0 saturated heterocycles. The summed E-state index contributed by atoms with van der Waals surface area (Å²) in [7, 11) is 0. The molecule has 0 N–H and O–H groups in total. The Hall–Kier alpha value is -1.63. The molecular formula is C14H15N. The number of benzene rings is 1. The second kappa shape index (κ2) is 4.26. The van der Waals surface area contributed by atoms with Crippen molar-refractivity contribution < 1.29 is 0 Å². The lowest BCUT2D eigenvalue weighted by Crippen LogP contribution is -1.81. The van der Waals surface area contributed by atoms with Crippen molar-refractivity contribution in [2.45, 2.75) is 20.3 Å². The van der Waals surface area contributed by atoms with Gasteiger partial charge in [0.2, 0.25) is 0 Å². The zero-order valence-corrected chi connectivity index (χ0v) is 9.20. The largest absolute Gasteiger partial charge is 0.256 e. The van der Waals surface area contributed by atoms with Gasteiger partial charge in [-0.1, -0.05) is 44.2 Å². The summed E-state index contributed by atoms with van der Waals surface area (Å²) in [6, 6.07) is 12.6. The fourth-order valence-corrected chi connectivity index (χ4v) is 1.93. The molecule has 76 valence electrons. The normalized spacial score (nSPS) is 11.1. The minimum atomic E-state index is 1.04. The van der Waals surface area contributed by atoms with Gasteiger partial charge in [-0.15, -0.1) is 0 Å². The molecule has 1 aromatic carbocycles. The predicted molar refractivity (Wildman–Crippen MR) is 63.8 cm³/mol. The maximum absolute atomic E-state index is 4.40. The van der Waals surface area contributed by atoms with Crippen LogP contribution in [0.1, 0.15) is 25.0 Å². The van der Waals surface area contributed by atoms with Gasteiger partial charge in [-0.3, -0.25) is 4.98 Å². The summed E-state index contributed by atoms with van der Waals surface area (Å²) in [5, 5.41) is 0. The molecule has 0 atom stereocenters. The lowest BCUT2D eigenvalue weighted by molar-refractivity contribution is 1.23. The third-order valence-corrected chi connectivity index (χ3v) is 2.54. The van der Waals surface area contributed by atoms with Crippen molar-refractivity contribution in [3.63, 3.8) is 0 Å². The molecule has 0 saturated carbocycles. The Labute approximate surface area is 90.8 Å². The SMILES string of the molecule is CC.c1ccc2c(c1)Cc1cccnc1-2. The van der Waals surface area contributed by atoms with E-state index in [2.05, 4.69) is 35.3 Å². The first-order valence-electron chi connectivity index (χ1n) is 5.47. The highest BCUT2D eigenvalue weighted by Crippen LogP contribution is 2.33. The van der Waals surface area contributed by atoms with Crippen LogP contribution < -0.4 is 0 Å². The molecule has 1 aliphatic rings. The van der Waals surface area contributed by atoms with Crippen LogP contribution in [0.4, 0.5) is 0 Å². The van der Waals surface area contributed by atoms with Crippen molar-refractivity contribution in [1.29, 1.82) is 0 Å². The van der Waals surface area contributed by atoms with Crippen LogP contribution in [0.5, 0.6) is 0 Å². The molecule has 0 unspecified atom stereocenters. The smallest absolute Gasteiger partial charge is 0.0740 e. The van der Waals surface area contributed by atoms with Crippen molar-refractivity contribution in [1.82, 2.24) is 4.98 Å². The second-order valence-electron chi connectivity index (χ2n) is 3.35. The van der Waals surface area contributed by atoms with Crippen LogP contribution >= 0.6 is 0 Å². The molecule has 15 heavy (non-hydrogen) atoms. The van der Waals surface area contributed by atoms with Gasteiger partial charge in [-0.05, 0) is 17.2 Å². The standard InChI is InChI=1S/C12H9N.C2H6/c1-2-6-11-9(4-1)8-10-5-3-7-13-12(10)11;1-2/h1-7H,8H2;1-2H3. The Bertz CT molecular complexity index is 417. The van der Waals surface area contributed by atoms with Crippen molar-refractivity contribution in [3.05, 3.63) is 53.7 Å². The number of rotatable bonds is 0. The second-order valence-corrected chi connectivity index (χ2v) is 3.35. The van der Waals surface area contributed by atoms with Crippen LogP contribution in [-0.2, 0) is 6.42 Å². The van der Waals surface area contributed by atoms with Crippen LogP contribution in [0.3, 0.4) is 0 Å². The summed E-state index contributed by atoms with van der Waals surface area (Å²) in [5.41, 5.74) is 5.22. The third-order valence-electron chi connectivity index (χ3n) is 2.54. The minimum Gasteiger partial charge on any atom is -0.256 e. The summed E-state index contributed by atoms with van der Waals surface area (Å²) in [4.78, 5) is 4.40. The monoisotopic (exact) mass is 197 g/mol. The lowest BCUT2D eigenvalue weighted by Gasteiger charge is -1.96. The number of aromatic nitrogens is 1. The van der Waals surface area contributed by atoms with E-state index < -0.39 is 0 Å². The molecule has 1 heteroatoms. The topological polar surface area (TPSA) is 12.9 Å². The molecule has 3 rings (SSSR count). The van der Waals surface area contributed by atoms with E-state index in [0.717, 1.165) is 12.1 Å². The van der Waals surface area contributed by atoms with Crippen molar-refractivity contribution in [2.75, 3.05) is 0 Å². The fourth-order valence-electron chi connectivity index (χ4n) is 1.93. The fraction of sp³-hybridized carbons (Fsp3) is 0.214. The molecule has 1 heterocycles. The maximum Gasteiger partial charge on any atom is 0.0740 e. The Morgan fingerprint density at radius 1 is 0.933 bits per heavy atom. The molecule has 0 radical (unpaired) electrons. The highest BCUT2D eigenvalue weighted by molar-refractivity contribution is 5.72. The Morgan fingerprint density at radius 3 is 2.53 bits per heavy atom. The molecule has 0 bridgehead atoms. The van der Waals surface area contributed by atoms with Crippen LogP contribution in [0.2, 0.25) is 0 Å². The van der Waals surface area contributed by atoms with Gasteiger partial charge in [0.25, 0.3) is 0 Å². The minimum absolute atomic E-state index is 1.04. The van der Waals surface area contributed by atoms with Gasteiger partial charge in [0, 0.05) is 18.2 Å². The molecule has 0 amide bonds. The molecule has 1 nitrogen and oxygen atoms in total. The number of hydrogen-bond acceptors (Lipinski definition) is 1. The first-order chi connectivity index (χ1) is 7.45. The average molecular weight is 197 g/mol. The van der Waals surface area contributed by atoms with E-state index in [0.29, 0.717) is 0 Å². The van der Waals surface area contributed by atoms with Crippen molar-refractivity contribution in [2.24, 2.45) is 0 Å². The van der Waals surface area contributed by atoms with Crippen molar-refractivity contribution >= 4 is 0 Å². The Morgan fingerprint density at radius 2 is 1.67 bits per heavy atom. The lowest BCUT2D eigenvalue weighted by atomic mass is 10.1. The highest BCUT2D eigenvalue weighted by Gasteiger charge is 2.17. The van der Waals surface area contributed by atoms with Crippen LogP contribution in [-0.4, -0.2) is 4.98 Å². The van der Waals surface area contributed by atoms with E-state index in [1.54, 1.807) is 0 Å². The molecular weight excluding hydrogens is 182 g/mol. The van der Waals surface area contributed by atoms with Gasteiger partial charge in [-0.2, -0.15) is 0 Å². The highest BCUT2D eigenvalue weighted by atomic mass is 14.7. The van der Waals surface area contributed by atoms with E-state index >= 15 is 0 Å². The van der Waals surface area contributed by atoms with Crippen LogP contribution in [0.25, 0.3) is 11.3 Å². The number of pyridine rings is 1. The van der Waals surface area contributed by atoms with Crippen molar-refractivity contribution in [3.8, 4) is 11.3 Å². The van der Waals surface area contributed by atoms with E-state index in [4.69, 9.17) is 0 Å². The van der Waals surface area contributed by atoms with E-state index in [-0.39, 0.29) is 0 Å². The molecule has 1 aliphatic carbocycles. The van der Waals surface area contributed by atoms with Gasteiger partial charge in [0.05, 0.1) is 5.69 Å². The summed E-state index contributed by atoms with van der Waals surface area (Å²) in [6.45, 7) is 4.00. The summed E-state index contributed by atoms with van der Waals surface area (Å²) < 4.78 is 0. The van der Waals surface area contributed by atoms with Gasteiger partial charge in [-0.25, -0.2) is 0 Å². The predicted octanol–water partition coefficient (Wildman–Crippen LogP) is 3.68. The zero-order chi connectivity index (χ0) is 10.7. The zero-order valence-electron chi connectivity index (χ0n) is 9.20. The Kier molecular flexibility index (Phi) is 2.82. The molecule has 1 aromatic heterocycles. The summed E-state index contributed by atoms with van der Waals surface area (Å²) in [5.74, 6) is 0. The molecule has 2 aromatic rings. The first kappa shape index (κ1) is 9.91. The summed E-state index contributed by atoms with van der Waals surface area (Å²) >= 11 is 0. The van der Waals surface area contributed by atoms with Gasteiger partial charge >= 0.3 is 0 Å². The quantitative estimate of drug-likeness (QED) is 0.535. The van der Waals surface area contributed by atoms with Gasteiger partial charge in [0.1, 0.15) is 0 Å². The van der Waals surface area contributed by atoms with Gasteiger partial charge in [0.15, 0.2) is 0 Å². The average Bonchev–Trinajstić information content (AvgIpc) is 2.70. The number of hydrogen-bond donors (Lipinski definition) is 0. The number of fused-ring (bicyclic) bond motifs is 3. The summed E-state index contributed by atoms with van der Waals surface area (Å²) in [6.07, 6.45) is 2.90. The van der Waals surface area contributed by atoms with Crippen LogP contribution in [0.15, 0.2) is 42.6 Å². The van der Waals surface area contributed by atoms with E-state index in [1.807, 2.05) is 26.1 Å². The maximum atomic E-state index is 4.40. The first-order valence-corrected chi connectivity index (χ1v) is 5.47. The van der Waals surface area contributed by atoms with Crippen LogP contribution in [0, 0.1) is 0 Å². The Balaban J connectivity index is 0.000000404. The van der Waals surface area contributed by atoms with E-state index in [1.165, 1.54) is 16.7 Å². The molecule has 0 fully saturated rings. The van der Waals surface area contributed by atoms with E-state index in [9.17, 15) is 0 Å². The third kappa shape index (κ3) is 1.65. The number of nitrogens with zero attached hydrogens (tertiary/aromatic N) is 1. The van der Waals surface area contributed by atoms with Gasteiger partial charge < -0.3 is 0 Å².